The molecular formula is C8H12ClN3O2. The second-order valence-electron chi connectivity index (χ2n) is 2.72. The zero-order valence-corrected chi connectivity index (χ0v) is 8.53. The van der Waals surface area contributed by atoms with Crippen LogP contribution >= 0.6 is 11.6 Å². The molecule has 0 saturated carbocycles. The first kappa shape index (κ1) is 11.2. The van der Waals surface area contributed by atoms with Crippen molar-refractivity contribution in [2.45, 2.75) is 6.10 Å². The van der Waals surface area contributed by atoms with Gasteiger partial charge in [0.05, 0.1) is 12.7 Å². The molecule has 0 fully saturated rings. The molecule has 1 rings (SSSR count). The molecule has 78 valence electrons. The number of rotatable bonds is 5. The van der Waals surface area contributed by atoms with Crippen molar-refractivity contribution in [3.05, 3.63) is 17.5 Å². The summed E-state index contributed by atoms with van der Waals surface area (Å²) in [5.41, 5.74) is 0. The topological polar surface area (TPSA) is 67.3 Å². The molecule has 2 N–H and O–H groups in total. The van der Waals surface area contributed by atoms with Crippen molar-refractivity contribution in [3.63, 3.8) is 0 Å². The standard InChI is InChI=1S/C8H12ClN3O2/c1-14-4-6(13)3-10-8-2-7(9)11-5-12-8/h2,5-6,13H,3-4H2,1H3,(H,10,11,12). The summed E-state index contributed by atoms with van der Waals surface area (Å²) >= 11 is 5.64. The lowest BCUT2D eigenvalue weighted by molar-refractivity contribution is 0.0727. The molecule has 0 aliphatic carbocycles. The van der Waals surface area contributed by atoms with E-state index < -0.39 is 6.10 Å². The first-order valence-corrected chi connectivity index (χ1v) is 4.48. The van der Waals surface area contributed by atoms with Crippen LogP contribution in [0, 0.1) is 0 Å². The van der Waals surface area contributed by atoms with Crippen LogP contribution in [0.25, 0.3) is 0 Å². The molecule has 0 aromatic carbocycles. The summed E-state index contributed by atoms with van der Waals surface area (Å²) in [4.78, 5) is 7.64. The van der Waals surface area contributed by atoms with Gasteiger partial charge in [-0.15, -0.1) is 0 Å². The SMILES string of the molecule is COCC(O)CNc1cc(Cl)ncn1. The van der Waals surface area contributed by atoms with Crippen LogP contribution < -0.4 is 5.32 Å². The van der Waals surface area contributed by atoms with E-state index in [1.54, 1.807) is 6.07 Å². The molecule has 1 atom stereocenters. The van der Waals surface area contributed by atoms with Crippen LogP contribution in [0.4, 0.5) is 5.82 Å². The van der Waals surface area contributed by atoms with Gasteiger partial charge in [-0.3, -0.25) is 0 Å². The Balaban J connectivity index is 2.37. The molecule has 6 heteroatoms. The summed E-state index contributed by atoms with van der Waals surface area (Å²) in [6, 6.07) is 1.58. The molecule has 0 amide bonds. The Bertz CT molecular complexity index is 285. The monoisotopic (exact) mass is 217 g/mol. The Morgan fingerprint density at radius 1 is 1.64 bits per heavy atom. The zero-order chi connectivity index (χ0) is 10.4. The Kier molecular flexibility index (Phi) is 4.58. The van der Waals surface area contributed by atoms with Crippen molar-refractivity contribution < 1.29 is 9.84 Å². The minimum atomic E-state index is -0.561. The fourth-order valence-electron chi connectivity index (χ4n) is 0.904. The number of methoxy groups -OCH3 is 1. The molecular weight excluding hydrogens is 206 g/mol. The molecule has 1 aromatic rings. The van der Waals surface area contributed by atoms with Crippen molar-refractivity contribution in [3.8, 4) is 0 Å². The zero-order valence-electron chi connectivity index (χ0n) is 7.77. The van der Waals surface area contributed by atoms with E-state index in [1.165, 1.54) is 13.4 Å². The van der Waals surface area contributed by atoms with Gasteiger partial charge in [0.15, 0.2) is 0 Å². The highest BCUT2D eigenvalue weighted by atomic mass is 35.5. The minimum absolute atomic E-state index is 0.284. The quantitative estimate of drug-likeness (QED) is 0.705. The normalized spacial score (nSPS) is 12.5. The number of nitrogens with one attached hydrogen (secondary N) is 1. The Morgan fingerprint density at radius 2 is 2.43 bits per heavy atom. The van der Waals surface area contributed by atoms with Crippen molar-refractivity contribution >= 4 is 17.4 Å². The maximum atomic E-state index is 9.32. The van der Waals surface area contributed by atoms with E-state index >= 15 is 0 Å². The number of halogens is 1. The number of anilines is 1. The van der Waals surface area contributed by atoms with Gasteiger partial charge in [-0.25, -0.2) is 9.97 Å². The van der Waals surface area contributed by atoms with Crippen LogP contribution in [-0.4, -0.2) is 41.4 Å². The van der Waals surface area contributed by atoms with E-state index in [4.69, 9.17) is 16.3 Å². The predicted octanol–water partition coefficient (Wildman–Crippen LogP) is 0.549. The molecule has 1 unspecified atom stereocenters. The van der Waals surface area contributed by atoms with Gasteiger partial charge in [0.1, 0.15) is 17.3 Å². The van der Waals surface area contributed by atoms with E-state index in [9.17, 15) is 5.11 Å². The summed E-state index contributed by atoms with van der Waals surface area (Å²) < 4.78 is 4.77. The van der Waals surface area contributed by atoms with Crippen LogP contribution in [0.2, 0.25) is 5.15 Å². The van der Waals surface area contributed by atoms with Crippen molar-refractivity contribution in [1.29, 1.82) is 0 Å². The lowest BCUT2D eigenvalue weighted by atomic mass is 10.4. The van der Waals surface area contributed by atoms with Gasteiger partial charge in [-0.05, 0) is 0 Å². The Morgan fingerprint density at radius 3 is 3.07 bits per heavy atom. The van der Waals surface area contributed by atoms with Crippen LogP contribution in [0.3, 0.4) is 0 Å². The summed E-state index contributed by atoms with van der Waals surface area (Å²) in [5, 5.41) is 12.6. The number of hydrogen-bond acceptors (Lipinski definition) is 5. The maximum Gasteiger partial charge on any atom is 0.134 e. The molecule has 1 heterocycles. The molecule has 1 aromatic heterocycles. The second kappa shape index (κ2) is 5.74. The Labute approximate surface area is 87.1 Å². The lowest BCUT2D eigenvalue weighted by Crippen LogP contribution is -2.24. The third-order valence-electron chi connectivity index (χ3n) is 1.51. The van der Waals surface area contributed by atoms with Crippen LogP contribution in [0.15, 0.2) is 12.4 Å². The summed E-state index contributed by atoms with van der Waals surface area (Å²) in [7, 11) is 1.53. The average molecular weight is 218 g/mol. The highest BCUT2D eigenvalue weighted by Gasteiger charge is 2.03. The average Bonchev–Trinajstić information content (AvgIpc) is 2.15. The van der Waals surface area contributed by atoms with Gasteiger partial charge in [-0.2, -0.15) is 0 Å². The maximum absolute atomic E-state index is 9.32. The molecule has 14 heavy (non-hydrogen) atoms. The number of aliphatic hydroxyl groups excluding tert-OH is 1. The first-order valence-electron chi connectivity index (χ1n) is 4.11. The highest BCUT2D eigenvalue weighted by Crippen LogP contribution is 2.08. The van der Waals surface area contributed by atoms with Gasteiger partial charge in [0.2, 0.25) is 0 Å². The third kappa shape index (κ3) is 3.87. The van der Waals surface area contributed by atoms with E-state index in [1.807, 2.05) is 0 Å². The molecule has 0 bridgehead atoms. The second-order valence-corrected chi connectivity index (χ2v) is 3.10. The summed E-state index contributed by atoms with van der Waals surface area (Å²) in [6.07, 6.45) is 0.793. The Hall–Kier alpha value is -0.910. The lowest BCUT2D eigenvalue weighted by Gasteiger charge is -2.10. The third-order valence-corrected chi connectivity index (χ3v) is 1.72. The van der Waals surface area contributed by atoms with E-state index in [0.29, 0.717) is 17.5 Å². The summed E-state index contributed by atoms with van der Waals surface area (Å²) in [6.45, 7) is 0.646. The van der Waals surface area contributed by atoms with Crippen molar-refractivity contribution in [2.24, 2.45) is 0 Å². The van der Waals surface area contributed by atoms with Crippen molar-refractivity contribution in [1.82, 2.24) is 9.97 Å². The number of nitrogens with zero attached hydrogens (tertiary/aromatic N) is 2. The largest absolute Gasteiger partial charge is 0.389 e. The van der Waals surface area contributed by atoms with E-state index in [0.717, 1.165) is 0 Å². The van der Waals surface area contributed by atoms with E-state index in [-0.39, 0.29) is 6.61 Å². The van der Waals surface area contributed by atoms with Gasteiger partial charge < -0.3 is 15.2 Å². The number of aliphatic hydroxyl groups is 1. The predicted molar refractivity (Wildman–Crippen MR) is 53.4 cm³/mol. The van der Waals surface area contributed by atoms with Gasteiger partial charge >= 0.3 is 0 Å². The van der Waals surface area contributed by atoms with Crippen LogP contribution in [0.1, 0.15) is 0 Å². The van der Waals surface area contributed by atoms with Crippen LogP contribution in [0.5, 0.6) is 0 Å². The van der Waals surface area contributed by atoms with Crippen molar-refractivity contribution in [2.75, 3.05) is 25.6 Å². The van der Waals surface area contributed by atoms with Gasteiger partial charge in [-0.1, -0.05) is 11.6 Å². The van der Waals surface area contributed by atoms with Gasteiger partial charge in [0, 0.05) is 19.7 Å². The number of aromatic nitrogens is 2. The number of hydrogen-bond donors (Lipinski definition) is 2. The number of ether oxygens (including phenoxy) is 1. The molecule has 0 aliphatic rings. The fraction of sp³-hybridized carbons (Fsp3) is 0.500. The smallest absolute Gasteiger partial charge is 0.134 e. The molecule has 5 nitrogen and oxygen atoms in total. The minimum Gasteiger partial charge on any atom is -0.389 e. The van der Waals surface area contributed by atoms with Gasteiger partial charge in [0.25, 0.3) is 0 Å². The first-order chi connectivity index (χ1) is 6.72. The molecule has 0 aliphatic heterocycles. The van der Waals surface area contributed by atoms with E-state index in [2.05, 4.69) is 15.3 Å². The van der Waals surface area contributed by atoms with Crippen LogP contribution in [-0.2, 0) is 4.74 Å². The molecule has 0 spiro atoms. The molecule has 0 saturated heterocycles. The highest BCUT2D eigenvalue weighted by molar-refractivity contribution is 6.29. The molecule has 0 radical (unpaired) electrons. The summed E-state index contributed by atoms with van der Waals surface area (Å²) in [5.74, 6) is 0.583. The fourth-order valence-corrected chi connectivity index (χ4v) is 1.05.